The topological polar surface area (TPSA) is 98.1 Å². The van der Waals surface area contributed by atoms with E-state index in [0.717, 1.165) is 29.4 Å². The van der Waals surface area contributed by atoms with Crippen LogP contribution in [0.25, 0.3) is 11.4 Å². The molecule has 3 heterocycles. The van der Waals surface area contributed by atoms with Gasteiger partial charge < -0.3 is 4.90 Å². The summed E-state index contributed by atoms with van der Waals surface area (Å²) in [5.74, 6) is 1.12. The quantitative estimate of drug-likeness (QED) is 0.668. The first-order valence-corrected chi connectivity index (χ1v) is 11.7. The number of amides is 1. The molecule has 27 heavy (non-hydrogen) atoms. The first-order chi connectivity index (χ1) is 12.9. The lowest BCUT2D eigenvalue weighted by Gasteiger charge is -2.23. The van der Waals surface area contributed by atoms with Gasteiger partial charge in [-0.3, -0.25) is 14.3 Å². The normalized spacial score (nSPS) is 21.3. The molecule has 0 radical (unpaired) electrons. The Morgan fingerprint density at radius 2 is 2.15 bits per heavy atom. The van der Waals surface area contributed by atoms with Crippen LogP contribution >= 0.6 is 11.8 Å². The lowest BCUT2D eigenvalue weighted by Crippen LogP contribution is -2.38. The molecule has 1 saturated carbocycles. The van der Waals surface area contributed by atoms with Crippen LogP contribution in [0.3, 0.4) is 0 Å². The zero-order valence-electron chi connectivity index (χ0n) is 15.0. The van der Waals surface area contributed by atoms with Crippen molar-refractivity contribution >= 4 is 27.5 Å². The highest BCUT2D eigenvalue weighted by atomic mass is 32.2. The fourth-order valence-corrected chi connectivity index (χ4v) is 5.95. The second kappa shape index (κ2) is 7.23. The molecule has 144 valence electrons. The number of carbonyl (C=O) groups is 1. The van der Waals surface area contributed by atoms with Gasteiger partial charge in [0.2, 0.25) is 5.91 Å². The Balaban J connectivity index is 1.46. The molecule has 0 aromatic carbocycles. The SMILES string of the molecule is CN(C(=O)CSc1nnc(-c2cccnc2)n1C1CC1)[C@H]1CCS(=O)(=O)C1. The molecule has 1 amide bonds. The fourth-order valence-electron chi connectivity index (χ4n) is 3.24. The monoisotopic (exact) mass is 407 g/mol. The van der Waals surface area contributed by atoms with E-state index >= 15 is 0 Å². The number of hydrogen-bond acceptors (Lipinski definition) is 7. The van der Waals surface area contributed by atoms with E-state index < -0.39 is 9.84 Å². The van der Waals surface area contributed by atoms with Crippen molar-refractivity contribution in [1.82, 2.24) is 24.6 Å². The predicted octanol–water partition coefficient (Wildman–Crippen LogP) is 1.41. The largest absolute Gasteiger partial charge is 0.341 e. The van der Waals surface area contributed by atoms with Crippen molar-refractivity contribution in [2.45, 2.75) is 36.5 Å². The molecule has 1 saturated heterocycles. The van der Waals surface area contributed by atoms with Crippen molar-refractivity contribution in [3.05, 3.63) is 24.5 Å². The Morgan fingerprint density at radius 3 is 2.78 bits per heavy atom. The second-order valence-corrected chi connectivity index (χ2v) is 10.2. The van der Waals surface area contributed by atoms with E-state index in [1.807, 2.05) is 12.1 Å². The maximum absolute atomic E-state index is 12.5. The Labute approximate surface area is 162 Å². The molecule has 4 rings (SSSR count). The molecule has 10 heteroatoms. The molecule has 1 aliphatic carbocycles. The first kappa shape index (κ1) is 18.4. The molecule has 1 aliphatic heterocycles. The minimum Gasteiger partial charge on any atom is -0.341 e. The Morgan fingerprint density at radius 1 is 1.33 bits per heavy atom. The Kier molecular flexibility index (Phi) is 4.94. The van der Waals surface area contributed by atoms with Crippen LogP contribution in [0.1, 0.15) is 25.3 Å². The average molecular weight is 408 g/mol. The molecule has 0 bridgehead atoms. The van der Waals surface area contributed by atoms with E-state index in [9.17, 15) is 13.2 Å². The van der Waals surface area contributed by atoms with Gasteiger partial charge in [-0.2, -0.15) is 0 Å². The highest BCUT2D eigenvalue weighted by molar-refractivity contribution is 7.99. The lowest BCUT2D eigenvalue weighted by atomic mass is 10.2. The van der Waals surface area contributed by atoms with Crippen LogP contribution in [0.15, 0.2) is 29.7 Å². The second-order valence-electron chi connectivity index (χ2n) is 7.00. The predicted molar refractivity (Wildman–Crippen MR) is 102 cm³/mol. The third kappa shape index (κ3) is 4.01. The number of sulfone groups is 1. The lowest BCUT2D eigenvalue weighted by molar-refractivity contribution is -0.128. The van der Waals surface area contributed by atoms with Crippen molar-refractivity contribution in [3.63, 3.8) is 0 Å². The zero-order chi connectivity index (χ0) is 19.0. The molecule has 1 atom stereocenters. The standard InChI is InChI=1S/C17H21N5O3S2/c1-21(14-6-8-27(24,25)11-14)15(23)10-26-17-20-19-16(22(17)13-4-5-13)12-3-2-7-18-9-12/h2-3,7,9,13-14H,4-6,8,10-11H2,1H3/t14-/m0/s1. The van der Waals surface area contributed by atoms with Gasteiger partial charge in [-0.25, -0.2) is 8.42 Å². The summed E-state index contributed by atoms with van der Waals surface area (Å²) in [5, 5.41) is 9.32. The Bertz CT molecular complexity index is 941. The smallest absolute Gasteiger partial charge is 0.233 e. The van der Waals surface area contributed by atoms with Crippen molar-refractivity contribution in [3.8, 4) is 11.4 Å². The van der Waals surface area contributed by atoms with Gasteiger partial charge in [-0.15, -0.1) is 10.2 Å². The van der Waals surface area contributed by atoms with Crippen molar-refractivity contribution in [2.24, 2.45) is 0 Å². The molecule has 0 N–H and O–H groups in total. The van der Waals surface area contributed by atoms with Gasteiger partial charge in [0.1, 0.15) is 0 Å². The summed E-state index contributed by atoms with van der Waals surface area (Å²) in [7, 11) is -1.33. The van der Waals surface area contributed by atoms with Gasteiger partial charge in [-0.1, -0.05) is 11.8 Å². The molecule has 2 aromatic rings. The number of nitrogens with zero attached hydrogens (tertiary/aromatic N) is 5. The van der Waals surface area contributed by atoms with Crippen molar-refractivity contribution in [1.29, 1.82) is 0 Å². The summed E-state index contributed by atoms with van der Waals surface area (Å²) in [6.07, 6.45) is 6.14. The molecule has 2 aliphatic rings. The molecule has 8 nitrogen and oxygen atoms in total. The minimum absolute atomic E-state index is 0.0588. The van der Waals surface area contributed by atoms with Crippen LogP contribution in [-0.2, 0) is 14.6 Å². The number of carbonyl (C=O) groups excluding carboxylic acids is 1. The van der Waals surface area contributed by atoms with Crippen LogP contribution in [0.2, 0.25) is 0 Å². The van der Waals surface area contributed by atoms with Gasteiger partial charge in [0, 0.05) is 37.1 Å². The molecule has 0 unspecified atom stereocenters. The van der Waals surface area contributed by atoms with Crippen molar-refractivity contribution < 1.29 is 13.2 Å². The summed E-state index contributed by atoms with van der Waals surface area (Å²) in [6.45, 7) is 0. The van der Waals surface area contributed by atoms with Crippen LogP contribution in [0, 0.1) is 0 Å². The minimum atomic E-state index is -3.01. The molecular weight excluding hydrogens is 386 g/mol. The maximum Gasteiger partial charge on any atom is 0.233 e. The van der Waals surface area contributed by atoms with E-state index in [0.29, 0.717) is 12.5 Å². The number of hydrogen-bond donors (Lipinski definition) is 0. The summed E-state index contributed by atoms with van der Waals surface area (Å²) >= 11 is 1.35. The summed E-state index contributed by atoms with van der Waals surface area (Å²) in [4.78, 5) is 18.2. The van der Waals surface area contributed by atoms with Gasteiger partial charge in [-0.05, 0) is 31.4 Å². The first-order valence-electron chi connectivity index (χ1n) is 8.89. The number of aromatic nitrogens is 4. The summed E-state index contributed by atoms with van der Waals surface area (Å²) in [5.41, 5.74) is 0.906. The zero-order valence-corrected chi connectivity index (χ0v) is 16.6. The number of pyridine rings is 1. The molecule has 2 fully saturated rings. The molecule has 0 spiro atoms. The highest BCUT2D eigenvalue weighted by Gasteiger charge is 2.34. The van der Waals surface area contributed by atoms with Crippen LogP contribution < -0.4 is 0 Å². The third-order valence-corrected chi connectivity index (χ3v) is 7.65. The maximum atomic E-state index is 12.5. The number of thioether (sulfide) groups is 1. The van der Waals surface area contributed by atoms with Crippen molar-refractivity contribution in [2.75, 3.05) is 24.3 Å². The summed E-state index contributed by atoms with van der Waals surface area (Å²) < 4.78 is 25.4. The van der Waals surface area contributed by atoms with E-state index in [-0.39, 0.29) is 29.2 Å². The molecular formula is C17H21N5O3S2. The average Bonchev–Trinajstić information content (AvgIpc) is 3.31. The van der Waals surface area contributed by atoms with Gasteiger partial charge >= 0.3 is 0 Å². The van der Waals surface area contributed by atoms with E-state index in [1.54, 1.807) is 24.3 Å². The van der Waals surface area contributed by atoms with Gasteiger partial charge in [0.05, 0.1) is 17.3 Å². The van der Waals surface area contributed by atoms with E-state index in [1.165, 1.54) is 11.8 Å². The van der Waals surface area contributed by atoms with Gasteiger partial charge in [0.25, 0.3) is 0 Å². The molecule has 2 aromatic heterocycles. The summed E-state index contributed by atoms with van der Waals surface area (Å²) in [6, 6.07) is 3.95. The van der Waals surface area contributed by atoms with Crippen LogP contribution in [0.4, 0.5) is 0 Å². The van der Waals surface area contributed by atoms with E-state index in [4.69, 9.17) is 0 Å². The highest BCUT2D eigenvalue weighted by Crippen LogP contribution is 2.41. The third-order valence-electron chi connectivity index (χ3n) is 4.97. The van der Waals surface area contributed by atoms with E-state index in [2.05, 4.69) is 19.7 Å². The van der Waals surface area contributed by atoms with Gasteiger partial charge in [0.15, 0.2) is 20.8 Å². The van der Waals surface area contributed by atoms with Crippen LogP contribution in [0.5, 0.6) is 0 Å². The number of rotatable bonds is 6. The Hall–Kier alpha value is -1.94. The fraction of sp³-hybridized carbons (Fsp3) is 0.529. The van der Waals surface area contributed by atoms with Crippen LogP contribution in [-0.4, -0.2) is 69.3 Å².